The second kappa shape index (κ2) is 8.19. The Kier molecular flexibility index (Phi) is 6.00. The van der Waals surface area contributed by atoms with Gasteiger partial charge in [0, 0.05) is 25.2 Å². The van der Waals surface area contributed by atoms with Gasteiger partial charge in [-0.2, -0.15) is 0 Å². The van der Waals surface area contributed by atoms with Gasteiger partial charge in [0.2, 0.25) is 17.7 Å². The van der Waals surface area contributed by atoms with Gasteiger partial charge >= 0.3 is 0 Å². The molecule has 0 radical (unpaired) electrons. The topological polar surface area (TPSA) is 78.5 Å². The number of rotatable bonds is 5. The fourth-order valence-electron chi connectivity index (χ4n) is 2.28. The maximum atomic E-state index is 13.6. The van der Waals surface area contributed by atoms with Gasteiger partial charge in [0.1, 0.15) is 23.9 Å². The molecule has 0 spiro atoms. The second-order valence-corrected chi connectivity index (χ2v) is 5.48. The Labute approximate surface area is 148 Å². The standard InChI is InChI=1S/C18H17F2N3O3/c1-11(24)21-13-5-3-6-14(9-13)23(12(2)25)10-17(26)22-18-15(19)7-4-8-16(18)20/h3-9H,10H2,1-2H3,(H,21,24)(H,22,26). The zero-order valence-electron chi connectivity index (χ0n) is 14.2. The highest BCUT2D eigenvalue weighted by molar-refractivity contribution is 6.02. The van der Waals surface area contributed by atoms with Gasteiger partial charge in [0.25, 0.3) is 0 Å². The lowest BCUT2D eigenvalue weighted by Crippen LogP contribution is -2.37. The Morgan fingerprint density at radius 3 is 2.15 bits per heavy atom. The van der Waals surface area contributed by atoms with Crippen molar-refractivity contribution in [3.8, 4) is 0 Å². The smallest absolute Gasteiger partial charge is 0.244 e. The molecule has 3 amide bonds. The van der Waals surface area contributed by atoms with E-state index >= 15 is 0 Å². The molecule has 6 nitrogen and oxygen atoms in total. The summed E-state index contributed by atoms with van der Waals surface area (Å²) in [5.74, 6) is -3.34. The van der Waals surface area contributed by atoms with E-state index in [9.17, 15) is 23.2 Å². The van der Waals surface area contributed by atoms with Crippen LogP contribution in [0.3, 0.4) is 0 Å². The minimum absolute atomic E-state index is 0.288. The third-order valence-electron chi connectivity index (χ3n) is 3.39. The predicted octanol–water partition coefficient (Wildman–Crippen LogP) is 2.91. The first-order chi connectivity index (χ1) is 12.3. The van der Waals surface area contributed by atoms with Crippen LogP contribution in [-0.2, 0) is 14.4 Å². The monoisotopic (exact) mass is 361 g/mol. The van der Waals surface area contributed by atoms with Crippen LogP contribution in [0.2, 0.25) is 0 Å². The quantitative estimate of drug-likeness (QED) is 0.860. The number of hydrogen-bond acceptors (Lipinski definition) is 3. The van der Waals surface area contributed by atoms with Crippen molar-refractivity contribution < 1.29 is 23.2 Å². The molecule has 0 aliphatic heterocycles. The predicted molar refractivity (Wildman–Crippen MR) is 93.8 cm³/mol. The third-order valence-corrected chi connectivity index (χ3v) is 3.39. The van der Waals surface area contributed by atoms with Crippen molar-refractivity contribution in [3.05, 3.63) is 54.1 Å². The van der Waals surface area contributed by atoms with Crippen LogP contribution in [0.1, 0.15) is 13.8 Å². The number of benzene rings is 2. The lowest BCUT2D eigenvalue weighted by molar-refractivity contribution is -0.120. The summed E-state index contributed by atoms with van der Waals surface area (Å²) in [4.78, 5) is 36.3. The summed E-state index contributed by atoms with van der Waals surface area (Å²) in [6, 6.07) is 9.51. The summed E-state index contributed by atoms with van der Waals surface area (Å²) >= 11 is 0. The molecule has 0 atom stereocenters. The molecule has 0 heterocycles. The fraction of sp³-hybridized carbons (Fsp3) is 0.167. The molecule has 0 unspecified atom stereocenters. The Morgan fingerprint density at radius 2 is 1.58 bits per heavy atom. The highest BCUT2D eigenvalue weighted by Gasteiger charge is 2.18. The second-order valence-electron chi connectivity index (χ2n) is 5.48. The normalized spacial score (nSPS) is 10.2. The molecule has 0 fully saturated rings. The molecule has 0 aliphatic carbocycles. The van der Waals surface area contributed by atoms with E-state index in [4.69, 9.17) is 0 Å². The number of hydrogen-bond donors (Lipinski definition) is 2. The van der Waals surface area contributed by atoms with E-state index in [2.05, 4.69) is 10.6 Å². The largest absolute Gasteiger partial charge is 0.326 e. The lowest BCUT2D eigenvalue weighted by atomic mass is 10.2. The molecule has 0 saturated carbocycles. The van der Waals surface area contributed by atoms with Gasteiger partial charge in [0.05, 0.1) is 0 Å². The highest BCUT2D eigenvalue weighted by atomic mass is 19.1. The van der Waals surface area contributed by atoms with Crippen LogP contribution in [0, 0.1) is 11.6 Å². The molecule has 0 saturated heterocycles. The van der Waals surface area contributed by atoms with Gasteiger partial charge in [-0.1, -0.05) is 12.1 Å². The van der Waals surface area contributed by atoms with E-state index in [0.717, 1.165) is 17.0 Å². The maximum Gasteiger partial charge on any atom is 0.244 e. The number of amides is 3. The summed E-state index contributed by atoms with van der Waals surface area (Å²) in [5, 5.41) is 4.70. The number of halogens is 2. The van der Waals surface area contributed by atoms with Crippen LogP contribution < -0.4 is 15.5 Å². The van der Waals surface area contributed by atoms with Crippen molar-refractivity contribution in [2.24, 2.45) is 0 Å². The lowest BCUT2D eigenvalue weighted by Gasteiger charge is -2.21. The minimum atomic E-state index is -0.916. The third kappa shape index (κ3) is 4.85. The van der Waals surface area contributed by atoms with Crippen molar-refractivity contribution in [1.29, 1.82) is 0 Å². The average molecular weight is 361 g/mol. The van der Waals surface area contributed by atoms with Crippen LogP contribution >= 0.6 is 0 Å². The summed E-state index contributed by atoms with van der Waals surface area (Å²) in [5.41, 5.74) is 0.225. The van der Waals surface area contributed by atoms with Gasteiger partial charge in [0.15, 0.2) is 0 Å². The molecule has 136 valence electrons. The Morgan fingerprint density at radius 1 is 0.962 bits per heavy atom. The molecule has 2 aromatic carbocycles. The first-order valence-corrected chi connectivity index (χ1v) is 7.67. The molecule has 0 aromatic heterocycles. The summed E-state index contributed by atoms with van der Waals surface area (Å²) in [7, 11) is 0. The summed E-state index contributed by atoms with van der Waals surface area (Å²) in [6.07, 6.45) is 0. The van der Waals surface area contributed by atoms with E-state index in [1.807, 2.05) is 0 Å². The molecule has 0 bridgehead atoms. The van der Waals surface area contributed by atoms with Gasteiger partial charge in [-0.25, -0.2) is 8.78 Å². The zero-order chi connectivity index (χ0) is 19.3. The van der Waals surface area contributed by atoms with E-state index in [-0.39, 0.29) is 5.91 Å². The van der Waals surface area contributed by atoms with Crippen LogP contribution in [0.25, 0.3) is 0 Å². The van der Waals surface area contributed by atoms with Gasteiger partial charge in [-0.15, -0.1) is 0 Å². The van der Waals surface area contributed by atoms with Gasteiger partial charge in [-0.05, 0) is 30.3 Å². The zero-order valence-corrected chi connectivity index (χ0v) is 14.2. The number of nitrogens with one attached hydrogen (secondary N) is 2. The molecular formula is C18H17F2N3O3. The van der Waals surface area contributed by atoms with Gasteiger partial charge < -0.3 is 15.5 Å². The Hall–Kier alpha value is -3.29. The van der Waals surface area contributed by atoms with Gasteiger partial charge in [-0.3, -0.25) is 14.4 Å². The number of anilines is 3. The van der Waals surface area contributed by atoms with Crippen molar-refractivity contribution in [2.45, 2.75) is 13.8 Å². The number of nitrogens with zero attached hydrogens (tertiary/aromatic N) is 1. The number of carbonyl (C=O) groups is 3. The molecule has 2 N–H and O–H groups in total. The van der Waals surface area contributed by atoms with E-state index in [0.29, 0.717) is 11.4 Å². The highest BCUT2D eigenvalue weighted by Crippen LogP contribution is 2.21. The minimum Gasteiger partial charge on any atom is -0.326 e. The van der Waals surface area contributed by atoms with Crippen LogP contribution in [-0.4, -0.2) is 24.3 Å². The number of carbonyl (C=O) groups excluding carboxylic acids is 3. The fourth-order valence-corrected chi connectivity index (χ4v) is 2.28. The molecule has 2 aromatic rings. The molecule has 2 rings (SSSR count). The van der Waals surface area contributed by atoms with Crippen molar-refractivity contribution >= 4 is 34.8 Å². The molecule has 8 heteroatoms. The van der Waals surface area contributed by atoms with Crippen LogP contribution in [0.5, 0.6) is 0 Å². The summed E-state index contributed by atoms with van der Waals surface area (Å²) in [6.45, 7) is 2.14. The summed E-state index contributed by atoms with van der Waals surface area (Å²) < 4.78 is 27.3. The van der Waals surface area contributed by atoms with E-state index in [1.165, 1.54) is 26.0 Å². The Bertz CT molecular complexity index is 835. The first kappa shape index (κ1) is 19.0. The maximum absolute atomic E-state index is 13.6. The molecule has 26 heavy (non-hydrogen) atoms. The Balaban J connectivity index is 2.19. The van der Waals surface area contributed by atoms with E-state index < -0.39 is 35.7 Å². The van der Waals surface area contributed by atoms with Crippen molar-refractivity contribution in [3.63, 3.8) is 0 Å². The SMILES string of the molecule is CC(=O)Nc1cccc(N(CC(=O)Nc2c(F)cccc2F)C(C)=O)c1. The van der Waals surface area contributed by atoms with Crippen LogP contribution in [0.15, 0.2) is 42.5 Å². The first-order valence-electron chi connectivity index (χ1n) is 7.67. The van der Waals surface area contributed by atoms with Crippen molar-refractivity contribution in [1.82, 2.24) is 0 Å². The molecule has 0 aliphatic rings. The van der Waals surface area contributed by atoms with Crippen molar-refractivity contribution in [2.75, 3.05) is 22.1 Å². The van der Waals surface area contributed by atoms with E-state index in [1.54, 1.807) is 18.2 Å². The van der Waals surface area contributed by atoms with Crippen LogP contribution in [0.4, 0.5) is 25.8 Å². The number of para-hydroxylation sites is 1. The molecular weight excluding hydrogens is 344 g/mol. The average Bonchev–Trinajstić information content (AvgIpc) is 2.55.